The third kappa shape index (κ3) is 3.12. The van der Waals surface area contributed by atoms with Crippen LogP contribution in [0, 0.1) is 0 Å². The molecular weight excluding hydrogens is 276 g/mol. The summed E-state index contributed by atoms with van der Waals surface area (Å²) in [6.45, 7) is 5.35. The second kappa shape index (κ2) is 6.69. The first kappa shape index (κ1) is 15.3. The smallest absolute Gasteiger partial charge is 0.222 e. The predicted octanol–water partition coefficient (Wildman–Crippen LogP) is 2.84. The fourth-order valence-electron chi connectivity index (χ4n) is 3.75. The fourth-order valence-corrected chi connectivity index (χ4v) is 3.75. The minimum atomic E-state index is 0.360. The van der Waals surface area contributed by atoms with Gasteiger partial charge in [-0.25, -0.2) is 0 Å². The molecule has 0 spiro atoms. The molecule has 2 saturated heterocycles. The number of likely N-dealkylation sites (tertiary alicyclic amines) is 2. The van der Waals surface area contributed by atoms with Crippen molar-refractivity contribution >= 4 is 5.91 Å². The van der Waals surface area contributed by atoms with Crippen LogP contribution in [0.25, 0.3) is 0 Å². The number of hydrogen-bond acceptors (Lipinski definition) is 3. The van der Waals surface area contributed by atoms with Gasteiger partial charge in [0.15, 0.2) is 0 Å². The molecule has 22 heavy (non-hydrogen) atoms. The number of methoxy groups -OCH3 is 1. The average molecular weight is 302 g/mol. The highest BCUT2D eigenvalue weighted by molar-refractivity contribution is 5.78. The lowest BCUT2D eigenvalue weighted by Gasteiger charge is -2.39. The molecule has 0 N–H and O–H groups in total. The first-order valence-electron chi connectivity index (χ1n) is 8.36. The molecule has 1 amide bonds. The van der Waals surface area contributed by atoms with Crippen molar-refractivity contribution in [3.63, 3.8) is 0 Å². The highest BCUT2D eigenvalue weighted by atomic mass is 16.5. The Morgan fingerprint density at radius 2 is 2.00 bits per heavy atom. The number of amides is 1. The van der Waals surface area contributed by atoms with Crippen LogP contribution in [0.15, 0.2) is 24.3 Å². The van der Waals surface area contributed by atoms with Crippen molar-refractivity contribution in [2.75, 3.05) is 26.7 Å². The monoisotopic (exact) mass is 302 g/mol. The predicted molar refractivity (Wildman–Crippen MR) is 87.0 cm³/mol. The molecular formula is C18H26N2O2. The van der Waals surface area contributed by atoms with Crippen molar-refractivity contribution in [1.29, 1.82) is 0 Å². The van der Waals surface area contributed by atoms with Gasteiger partial charge in [0, 0.05) is 38.1 Å². The number of piperidine rings is 1. The summed E-state index contributed by atoms with van der Waals surface area (Å²) in [5.74, 6) is 1.28. The molecule has 0 bridgehead atoms. The van der Waals surface area contributed by atoms with Gasteiger partial charge in [-0.2, -0.15) is 0 Å². The lowest BCUT2D eigenvalue weighted by Crippen LogP contribution is -2.45. The van der Waals surface area contributed by atoms with Crippen LogP contribution in [0.4, 0.5) is 0 Å². The number of rotatable bonds is 4. The molecule has 0 unspecified atom stereocenters. The molecule has 0 aliphatic carbocycles. The summed E-state index contributed by atoms with van der Waals surface area (Å²) >= 11 is 0. The van der Waals surface area contributed by atoms with Gasteiger partial charge in [-0.3, -0.25) is 9.69 Å². The number of carbonyl (C=O) groups excluding carboxylic acids is 1. The van der Waals surface area contributed by atoms with Crippen molar-refractivity contribution in [3.05, 3.63) is 29.8 Å². The van der Waals surface area contributed by atoms with Crippen LogP contribution in [0.3, 0.4) is 0 Å². The van der Waals surface area contributed by atoms with Gasteiger partial charge in [0.25, 0.3) is 0 Å². The van der Waals surface area contributed by atoms with Crippen molar-refractivity contribution in [1.82, 2.24) is 9.80 Å². The maximum atomic E-state index is 11.9. The summed E-state index contributed by atoms with van der Waals surface area (Å²) in [4.78, 5) is 16.5. The molecule has 2 heterocycles. The molecule has 2 aliphatic rings. The van der Waals surface area contributed by atoms with Gasteiger partial charge >= 0.3 is 0 Å². The zero-order valence-electron chi connectivity index (χ0n) is 13.6. The average Bonchev–Trinajstić information content (AvgIpc) is 3.00. The Balaban J connectivity index is 1.59. The van der Waals surface area contributed by atoms with Crippen molar-refractivity contribution < 1.29 is 9.53 Å². The van der Waals surface area contributed by atoms with Crippen molar-refractivity contribution in [2.24, 2.45) is 0 Å². The lowest BCUT2D eigenvalue weighted by molar-refractivity contribution is -0.130. The van der Waals surface area contributed by atoms with Gasteiger partial charge in [0.1, 0.15) is 5.75 Å². The van der Waals surface area contributed by atoms with E-state index < -0.39 is 0 Å². The number of carbonyl (C=O) groups is 1. The third-order valence-corrected chi connectivity index (χ3v) is 5.17. The molecule has 2 fully saturated rings. The van der Waals surface area contributed by atoms with E-state index in [1.165, 1.54) is 5.56 Å². The van der Waals surface area contributed by atoms with E-state index in [1.54, 1.807) is 7.11 Å². The van der Waals surface area contributed by atoms with Gasteiger partial charge in [-0.05, 0) is 43.9 Å². The van der Waals surface area contributed by atoms with E-state index in [2.05, 4.69) is 34.9 Å². The Morgan fingerprint density at radius 3 is 2.64 bits per heavy atom. The van der Waals surface area contributed by atoms with E-state index in [4.69, 9.17) is 4.74 Å². The minimum Gasteiger partial charge on any atom is -0.497 e. The Bertz CT molecular complexity index is 524. The second-order valence-corrected chi connectivity index (χ2v) is 6.41. The van der Waals surface area contributed by atoms with Gasteiger partial charge in [-0.15, -0.1) is 0 Å². The normalized spacial score (nSPS) is 22.1. The molecule has 0 radical (unpaired) electrons. The van der Waals surface area contributed by atoms with E-state index >= 15 is 0 Å². The number of nitrogens with zero attached hydrogens (tertiary/aromatic N) is 2. The fraction of sp³-hybridized carbons (Fsp3) is 0.611. The van der Waals surface area contributed by atoms with Crippen LogP contribution in [0.5, 0.6) is 5.75 Å². The van der Waals surface area contributed by atoms with Gasteiger partial charge in [0.2, 0.25) is 5.91 Å². The van der Waals surface area contributed by atoms with Crippen molar-refractivity contribution in [2.45, 2.75) is 44.7 Å². The summed E-state index contributed by atoms with van der Waals surface area (Å²) in [5.41, 5.74) is 1.30. The van der Waals surface area contributed by atoms with Crippen molar-refractivity contribution in [3.8, 4) is 5.75 Å². The summed E-state index contributed by atoms with van der Waals surface area (Å²) < 4.78 is 5.33. The second-order valence-electron chi connectivity index (χ2n) is 6.41. The molecule has 4 nitrogen and oxygen atoms in total. The molecule has 4 heteroatoms. The molecule has 1 atom stereocenters. The van der Waals surface area contributed by atoms with E-state index in [1.807, 2.05) is 6.07 Å². The highest BCUT2D eigenvalue weighted by Gasteiger charge is 2.31. The quantitative estimate of drug-likeness (QED) is 0.857. The number of ether oxygens (including phenoxy) is 1. The van der Waals surface area contributed by atoms with E-state index in [0.717, 1.165) is 51.1 Å². The molecule has 1 aromatic rings. The number of benzene rings is 1. The standard InChI is InChI=1S/C18H26N2O2/c1-14(15-5-3-6-17(13-15)22-2)19-11-8-16(9-12-19)20-10-4-7-18(20)21/h3,5-6,13-14,16H,4,7-12H2,1-2H3/t14-/m1/s1. The Kier molecular flexibility index (Phi) is 4.67. The van der Waals surface area contributed by atoms with Gasteiger partial charge in [0.05, 0.1) is 7.11 Å². The largest absolute Gasteiger partial charge is 0.497 e. The topological polar surface area (TPSA) is 32.8 Å². The number of hydrogen-bond donors (Lipinski definition) is 0. The van der Waals surface area contributed by atoms with E-state index in [0.29, 0.717) is 18.0 Å². The van der Waals surface area contributed by atoms with Crippen LogP contribution in [0.1, 0.15) is 44.2 Å². The molecule has 3 rings (SSSR count). The van der Waals surface area contributed by atoms with Crippen LogP contribution >= 0.6 is 0 Å². The third-order valence-electron chi connectivity index (χ3n) is 5.17. The van der Waals surface area contributed by atoms with E-state index in [9.17, 15) is 4.79 Å². The molecule has 0 saturated carbocycles. The van der Waals surface area contributed by atoms with Crippen LogP contribution in [-0.4, -0.2) is 48.5 Å². The lowest BCUT2D eigenvalue weighted by atomic mass is 9.99. The molecule has 1 aromatic carbocycles. The summed E-state index contributed by atoms with van der Waals surface area (Å²) in [6.07, 6.45) is 3.99. The van der Waals surface area contributed by atoms with Gasteiger partial charge < -0.3 is 9.64 Å². The summed E-state index contributed by atoms with van der Waals surface area (Å²) in [6, 6.07) is 9.19. The first-order valence-corrected chi connectivity index (χ1v) is 8.36. The highest BCUT2D eigenvalue weighted by Crippen LogP contribution is 2.29. The maximum absolute atomic E-state index is 11.9. The van der Waals surface area contributed by atoms with Crippen LogP contribution in [-0.2, 0) is 4.79 Å². The zero-order valence-corrected chi connectivity index (χ0v) is 13.6. The SMILES string of the molecule is COc1cccc([C@@H](C)N2CCC(N3CCCC3=O)CC2)c1. The van der Waals surface area contributed by atoms with Crippen LogP contribution in [0.2, 0.25) is 0 Å². The Morgan fingerprint density at radius 1 is 1.23 bits per heavy atom. The van der Waals surface area contributed by atoms with Gasteiger partial charge in [-0.1, -0.05) is 12.1 Å². The van der Waals surface area contributed by atoms with E-state index in [-0.39, 0.29) is 0 Å². The molecule has 0 aromatic heterocycles. The first-order chi connectivity index (χ1) is 10.7. The maximum Gasteiger partial charge on any atom is 0.222 e. The zero-order chi connectivity index (χ0) is 15.5. The Hall–Kier alpha value is -1.55. The summed E-state index contributed by atoms with van der Waals surface area (Å²) in [7, 11) is 1.71. The minimum absolute atomic E-state index is 0.360. The summed E-state index contributed by atoms with van der Waals surface area (Å²) in [5, 5.41) is 0. The van der Waals surface area contributed by atoms with Crippen LogP contribution < -0.4 is 4.74 Å². The Labute approximate surface area is 133 Å². The molecule has 120 valence electrons. The molecule has 2 aliphatic heterocycles.